The Balaban J connectivity index is 1.84. The minimum absolute atomic E-state index is 0.310. The van der Waals surface area contributed by atoms with Crippen molar-refractivity contribution < 1.29 is 14.1 Å². The second-order valence-electron chi connectivity index (χ2n) is 4.77. The number of rotatable bonds is 5. The minimum atomic E-state index is -0.310. The van der Waals surface area contributed by atoms with Gasteiger partial charge in [-0.05, 0) is 31.9 Å². The Labute approximate surface area is 123 Å². The van der Waals surface area contributed by atoms with Gasteiger partial charge in [0.2, 0.25) is 0 Å². The van der Waals surface area contributed by atoms with Crippen LogP contribution in [0.25, 0.3) is 0 Å². The van der Waals surface area contributed by atoms with Crippen LogP contribution in [0.15, 0.2) is 28.8 Å². The minimum Gasteiger partial charge on any atom is -0.496 e. The molecule has 0 atom stereocenters. The Bertz CT molecular complexity index is 622. The number of hydrogen-bond acceptors (Lipinski definition) is 4. The lowest BCUT2D eigenvalue weighted by Crippen LogP contribution is -2.30. The van der Waals surface area contributed by atoms with E-state index in [1.165, 1.54) is 0 Å². The molecule has 0 spiro atoms. The zero-order chi connectivity index (χ0) is 15.2. The molecule has 0 aliphatic carbocycles. The highest BCUT2D eigenvalue weighted by molar-refractivity contribution is 5.88. The molecule has 0 radical (unpaired) electrons. The van der Waals surface area contributed by atoms with E-state index in [1.807, 2.05) is 19.1 Å². The van der Waals surface area contributed by atoms with E-state index in [4.69, 9.17) is 9.26 Å². The third-order valence-corrected chi connectivity index (χ3v) is 2.99. The van der Waals surface area contributed by atoms with Crippen molar-refractivity contribution >= 4 is 11.8 Å². The third-order valence-electron chi connectivity index (χ3n) is 2.99. The van der Waals surface area contributed by atoms with Gasteiger partial charge < -0.3 is 14.6 Å². The van der Waals surface area contributed by atoms with Gasteiger partial charge in [0.05, 0.1) is 7.11 Å². The van der Waals surface area contributed by atoms with Gasteiger partial charge in [-0.3, -0.25) is 5.32 Å². The van der Waals surface area contributed by atoms with E-state index in [2.05, 4.69) is 21.9 Å². The number of aromatic nitrogens is 1. The molecule has 0 bridgehead atoms. The largest absolute Gasteiger partial charge is 0.496 e. The Morgan fingerprint density at radius 1 is 1.33 bits per heavy atom. The van der Waals surface area contributed by atoms with Gasteiger partial charge in [-0.1, -0.05) is 22.9 Å². The van der Waals surface area contributed by atoms with E-state index in [9.17, 15) is 4.79 Å². The quantitative estimate of drug-likeness (QED) is 0.887. The highest BCUT2D eigenvalue weighted by Crippen LogP contribution is 2.19. The lowest BCUT2D eigenvalue weighted by atomic mass is 10.1. The van der Waals surface area contributed by atoms with Crippen LogP contribution in [0.5, 0.6) is 5.75 Å². The van der Waals surface area contributed by atoms with Gasteiger partial charge in [0.15, 0.2) is 5.82 Å². The molecule has 2 N–H and O–H groups in total. The molecule has 2 rings (SSSR count). The predicted octanol–water partition coefficient (Wildman–Crippen LogP) is 2.66. The summed E-state index contributed by atoms with van der Waals surface area (Å²) in [7, 11) is 1.64. The van der Waals surface area contributed by atoms with Crippen molar-refractivity contribution in [2.45, 2.75) is 20.3 Å². The number of anilines is 1. The summed E-state index contributed by atoms with van der Waals surface area (Å²) in [5, 5.41) is 9.07. The van der Waals surface area contributed by atoms with Gasteiger partial charge in [-0.2, -0.15) is 0 Å². The average Bonchev–Trinajstić information content (AvgIpc) is 2.84. The molecular formula is C15H19N3O3. The van der Waals surface area contributed by atoms with Gasteiger partial charge in [0.25, 0.3) is 0 Å². The van der Waals surface area contributed by atoms with E-state index in [-0.39, 0.29) is 6.03 Å². The normalized spacial score (nSPS) is 10.2. The molecule has 6 heteroatoms. The van der Waals surface area contributed by atoms with Crippen LogP contribution in [0.4, 0.5) is 10.6 Å². The molecule has 0 saturated heterocycles. The van der Waals surface area contributed by atoms with Crippen molar-refractivity contribution in [3.05, 3.63) is 41.2 Å². The van der Waals surface area contributed by atoms with Crippen LogP contribution < -0.4 is 15.4 Å². The van der Waals surface area contributed by atoms with Crippen LogP contribution in [0.1, 0.15) is 16.9 Å². The summed E-state index contributed by atoms with van der Waals surface area (Å²) in [6, 6.07) is 7.33. The second kappa shape index (κ2) is 6.78. The number of nitrogens with zero attached hydrogens (tertiary/aromatic N) is 1. The Morgan fingerprint density at radius 2 is 2.14 bits per heavy atom. The first kappa shape index (κ1) is 14.9. The van der Waals surface area contributed by atoms with Crippen molar-refractivity contribution in [2.24, 2.45) is 0 Å². The van der Waals surface area contributed by atoms with Crippen LogP contribution in [-0.4, -0.2) is 24.8 Å². The number of carbonyl (C=O) groups excluding carboxylic acids is 1. The molecule has 1 heterocycles. The summed E-state index contributed by atoms with van der Waals surface area (Å²) in [5.41, 5.74) is 2.23. The number of carbonyl (C=O) groups is 1. The maximum Gasteiger partial charge on any atom is 0.320 e. The van der Waals surface area contributed by atoms with Crippen LogP contribution in [0.3, 0.4) is 0 Å². The van der Waals surface area contributed by atoms with Crippen molar-refractivity contribution in [1.82, 2.24) is 10.5 Å². The van der Waals surface area contributed by atoms with Gasteiger partial charge in [0.1, 0.15) is 11.5 Å². The molecule has 1 aromatic heterocycles. The van der Waals surface area contributed by atoms with Gasteiger partial charge >= 0.3 is 6.03 Å². The number of hydrogen-bond donors (Lipinski definition) is 2. The van der Waals surface area contributed by atoms with Crippen molar-refractivity contribution in [3.8, 4) is 5.75 Å². The highest BCUT2D eigenvalue weighted by atomic mass is 16.5. The predicted molar refractivity (Wildman–Crippen MR) is 79.7 cm³/mol. The molecular weight excluding hydrogens is 270 g/mol. The number of urea groups is 1. The fourth-order valence-corrected chi connectivity index (χ4v) is 2.00. The summed E-state index contributed by atoms with van der Waals surface area (Å²) < 4.78 is 10.2. The topological polar surface area (TPSA) is 76.4 Å². The summed E-state index contributed by atoms with van der Waals surface area (Å²) in [6.45, 7) is 4.29. The van der Waals surface area contributed by atoms with E-state index >= 15 is 0 Å². The summed E-state index contributed by atoms with van der Waals surface area (Å²) in [4.78, 5) is 11.7. The summed E-state index contributed by atoms with van der Waals surface area (Å²) in [5.74, 6) is 1.88. The monoisotopic (exact) mass is 289 g/mol. The van der Waals surface area contributed by atoms with Crippen LogP contribution >= 0.6 is 0 Å². The number of benzene rings is 1. The van der Waals surface area contributed by atoms with Gasteiger partial charge in [0, 0.05) is 12.6 Å². The summed E-state index contributed by atoms with van der Waals surface area (Å²) in [6.07, 6.45) is 0.691. The molecule has 0 aliphatic rings. The van der Waals surface area contributed by atoms with E-state index in [1.54, 1.807) is 20.1 Å². The molecule has 0 fully saturated rings. The van der Waals surface area contributed by atoms with Gasteiger partial charge in [-0.15, -0.1) is 0 Å². The Morgan fingerprint density at radius 3 is 2.81 bits per heavy atom. The van der Waals surface area contributed by atoms with Crippen LogP contribution in [-0.2, 0) is 6.42 Å². The SMILES string of the molecule is COc1ccc(C)cc1CCNC(=O)Nc1cc(C)on1. The van der Waals surface area contributed by atoms with Crippen molar-refractivity contribution in [2.75, 3.05) is 19.0 Å². The fourth-order valence-electron chi connectivity index (χ4n) is 2.00. The van der Waals surface area contributed by atoms with Gasteiger partial charge in [-0.25, -0.2) is 4.79 Å². The first-order valence-electron chi connectivity index (χ1n) is 6.70. The van der Waals surface area contributed by atoms with Crippen LogP contribution in [0.2, 0.25) is 0 Å². The average molecular weight is 289 g/mol. The highest BCUT2D eigenvalue weighted by Gasteiger charge is 2.07. The molecule has 21 heavy (non-hydrogen) atoms. The lowest BCUT2D eigenvalue weighted by molar-refractivity contribution is 0.252. The molecule has 2 amide bonds. The van der Waals surface area contributed by atoms with Crippen molar-refractivity contribution in [1.29, 1.82) is 0 Å². The molecule has 0 saturated carbocycles. The van der Waals surface area contributed by atoms with E-state index in [0.717, 1.165) is 16.9 Å². The molecule has 0 unspecified atom stereocenters. The smallest absolute Gasteiger partial charge is 0.320 e. The maximum absolute atomic E-state index is 11.7. The first-order valence-corrected chi connectivity index (χ1v) is 6.70. The Kier molecular flexibility index (Phi) is 4.81. The third kappa shape index (κ3) is 4.24. The van der Waals surface area contributed by atoms with E-state index in [0.29, 0.717) is 24.5 Å². The molecule has 0 aliphatic heterocycles. The Hall–Kier alpha value is -2.50. The van der Waals surface area contributed by atoms with Crippen molar-refractivity contribution in [3.63, 3.8) is 0 Å². The lowest BCUT2D eigenvalue weighted by Gasteiger charge is -2.10. The molecule has 2 aromatic rings. The number of methoxy groups -OCH3 is 1. The standard InChI is InChI=1S/C15H19N3O3/c1-10-4-5-13(20-3)12(8-10)6-7-16-15(19)17-14-9-11(2)21-18-14/h4-5,8-9H,6-7H2,1-3H3,(H2,16,17,18,19). The zero-order valence-electron chi connectivity index (χ0n) is 12.4. The van der Waals surface area contributed by atoms with Crippen LogP contribution in [0, 0.1) is 13.8 Å². The molecule has 112 valence electrons. The number of nitrogens with one attached hydrogen (secondary N) is 2. The number of aryl methyl sites for hydroxylation is 2. The zero-order valence-corrected chi connectivity index (χ0v) is 12.4. The maximum atomic E-state index is 11.7. The number of ether oxygens (including phenoxy) is 1. The molecule has 1 aromatic carbocycles. The van der Waals surface area contributed by atoms with E-state index < -0.39 is 0 Å². The summed E-state index contributed by atoms with van der Waals surface area (Å²) >= 11 is 0. The second-order valence-corrected chi connectivity index (χ2v) is 4.77. The fraction of sp³-hybridized carbons (Fsp3) is 0.333. The molecule has 6 nitrogen and oxygen atoms in total. The number of amides is 2. The first-order chi connectivity index (χ1) is 10.1.